The van der Waals surface area contributed by atoms with E-state index in [1.54, 1.807) is 6.92 Å². The van der Waals surface area contributed by atoms with E-state index in [2.05, 4.69) is 0 Å². The number of rotatable bonds is 17. The summed E-state index contributed by atoms with van der Waals surface area (Å²) < 4.78 is 11.3. The minimum absolute atomic E-state index is 0.0465. The predicted octanol–water partition coefficient (Wildman–Crippen LogP) is 4.10. The molecule has 0 bridgehead atoms. The second-order valence-electron chi connectivity index (χ2n) is 10.9. The fraction of sp³-hybridized carbons (Fsp3) is 0.857. The van der Waals surface area contributed by atoms with E-state index in [-0.39, 0.29) is 42.2 Å². The van der Waals surface area contributed by atoms with Gasteiger partial charge in [0, 0.05) is 24.3 Å². The molecule has 1 aliphatic heterocycles. The van der Waals surface area contributed by atoms with Gasteiger partial charge >= 0.3 is 11.9 Å². The lowest BCUT2D eigenvalue weighted by molar-refractivity contribution is -0.138. The molecule has 0 amide bonds. The molecule has 1 aliphatic rings. The summed E-state index contributed by atoms with van der Waals surface area (Å²) in [5, 5.41) is 39.9. The quantitative estimate of drug-likeness (QED) is 0.130. The van der Waals surface area contributed by atoms with Crippen LogP contribution in [-0.4, -0.2) is 70.0 Å². The first-order valence-corrected chi connectivity index (χ1v) is 13.7. The number of aliphatic carboxylic acids is 1. The average molecular weight is 515 g/mol. The molecular formula is C28H50O8. The molecule has 0 aromatic carbocycles. The number of ether oxygens (including phenoxy) is 2. The Balaban J connectivity index is 2.34. The van der Waals surface area contributed by atoms with Gasteiger partial charge < -0.3 is 29.9 Å². The SMILES string of the molecule is C/C(=C/C(=O)OCCCCCCCCC(=O)O)C[C@@H]1OC[C@H](C[C@@H](O)[C@@H](C)[C@@H](C)[C@H](C)O)[C@@H](O)[C@H]1C. The third-order valence-corrected chi connectivity index (χ3v) is 7.79. The van der Waals surface area contributed by atoms with Gasteiger partial charge in [-0.2, -0.15) is 0 Å². The van der Waals surface area contributed by atoms with Gasteiger partial charge in [-0.15, -0.1) is 0 Å². The molecule has 8 nitrogen and oxygen atoms in total. The Kier molecular flexibility index (Phi) is 15.5. The number of unbranched alkanes of at least 4 members (excludes halogenated alkanes) is 5. The molecule has 1 rings (SSSR count). The van der Waals surface area contributed by atoms with Crippen molar-refractivity contribution in [3.63, 3.8) is 0 Å². The summed E-state index contributed by atoms with van der Waals surface area (Å²) in [6, 6.07) is 0. The fourth-order valence-corrected chi connectivity index (χ4v) is 4.79. The van der Waals surface area contributed by atoms with Crippen LogP contribution in [-0.2, 0) is 19.1 Å². The van der Waals surface area contributed by atoms with Crippen LogP contribution in [0.2, 0.25) is 0 Å². The Bertz CT molecular complexity index is 676. The number of esters is 1. The van der Waals surface area contributed by atoms with Crippen LogP contribution in [0.3, 0.4) is 0 Å². The first-order chi connectivity index (χ1) is 16.9. The molecule has 8 heteroatoms. The Morgan fingerprint density at radius 2 is 1.64 bits per heavy atom. The van der Waals surface area contributed by atoms with Crippen molar-refractivity contribution in [2.24, 2.45) is 23.7 Å². The van der Waals surface area contributed by atoms with E-state index >= 15 is 0 Å². The zero-order chi connectivity index (χ0) is 27.3. The van der Waals surface area contributed by atoms with Gasteiger partial charge in [0.15, 0.2) is 0 Å². The zero-order valence-electron chi connectivity index (χ0n) is 22.9. The highest BCUT2D eigenvalue weighted by Crippen LogP contribution is 2.33. The molecule has 1 heterocycles. The van der Waals surface area contributed by atoms with Crippen molar-refractivity contribution in [3.05, 3.63) is 11.6 Å². The number of carboxylic acids is 1. The van der Waals surface area contributed by atoms with Gasteiger partial charge in [0.25, 0.3) is 0 Å². The molecular weight excluding hydrogens is 464 g/mol. The molecule has 8 atom stereocenters. The molecule has 0 aliphatic carbocycles. The topological polar surface area (TPSA) is 134 Å². The minimum atomic E-state index is -0.751. The summed E-state index contributed by atoms with van der Waals surface area (Å²) in [4.78, 5) is 22.6. The molecule has 0 radical (unpaired) electrons. The highest BCUT2D eigenvalue weighted by molar-refractivity contribution is 5.82. The van der Waals surface area contributed by atoms with Gasteiger partial charge in [-0.3, -0.25) is 4.79 Å². The van der Waals surface area contributed by atoms with Crippen LogP contribution < -0.4 is 0 Å². The number of aliphatic hydroxyl groups excluding tert-OH is 3. The molecule has 0 aromatic rings. The summed E-state index contributed by atoms with van der Waals surface area (Å²) in [5.74, 6) is -1.59. The van der Waals surface area contributed by atoms with Gasteiger partial charge in [0.2, 0.25) is 0 Å². The normalized spacial score (nSPS) is 26.2. The average Bonchev–Trinajstić information content (AvgIpc) is 2.81. The van der Waals surface area contributed by atoms with Crippen molar-refractivity contribution in [1.82, 2.24) is 0 Å². The first-order valence-electron chi connectivity index (χ1n) is 13.7. The molecule has 1 fully saturated rings. The van der Waals surface area contributed by atoms with E-state index in [4.69, 9.17) is 14.6 Å². The number of aliphatic hydroxyl groups is 3. The number of carbonyl (C=O) groups excluding carboxylic acids is 1. The van der Waals surface area contributed by atoms with Crippen molar-refractivity contribution in [1.29, 1.82) is 0 Å². The van der Waals surface area contributed by atoms with E-state index in [1.165, 1.54) is 6.08 Å². The molecule has 1 saturated heterocycles. The van der Waals surface area contributed by atoms with Gasteiger partial charge in [0.1, 0.15) is 0 Å². The maximum Gasteiger partial charge on any atom is 0.330 e. The molecule has 36 heavy (non-hydrogen) atoms. The Hall–Kier alpha value is -1.48. The van der Waals surface area contributed by atoms with E-state index in [1.807, 2.05) is 27.7 Å². The molecule has 0 spiro atoms. The van der Waals surface area contributed by atoms with Gasteiger partial charge in [0.05, 0.1) is 37.6 Å². The highest BCUT2D eigenvalue weighted by atomic mass is 16.5. The maximum absolute atomic E-state index is 12.1. The number of hydrogen-bond acceptors (Lipinski definition) is 7. The predicted molar refractivity (Wildman–Crippen MR) is 138 cm³/mol. The number of carboxylic acid groups (broad SMARTS) is 1. The Morgan fingerprint density at radius 1 is 1.03 bits per heavy atom. The van der Waals surface area contributed by atoms with Crippen molar-refractivity contribution >= 4 is 11.9 Å². The fourth-order valence-electron chi connectivity index (χ4n) is 4.79. The molecule has 0 unspecified atom stereocenters. The lowest BCUT2D eigenvalue weighted by Gasteiger charge is -2.40. The smallest absolute Gasteiger partial charge is 0.330 e. The summed E-state index contributed by atoms with van der Waals surface area (Å²) in [6.45, 7) is 10.1. The van der Waals surface area contributed by atoms with Crippen LogP contribution in [0.25, 0.3) is 0 Å². The van der Waals surface area contributed by atoms with Crippen molar-refractivity contribution in [2.75, 3.05) is 13.2 Å². The van der Waals surface area contributed by atoms with Gasteiger partial charge in [-0.05, 0) is 51.4 Å². The second kappa shape index (κ2) is 17.1. The standard InChI is InChI=1S/C28H50O8/c1-18(15-27(33)35-13-11-9-7-6-8-10-12-26(31)32)14-25-21(4)28(34)23(17-36-25)16-24(30)20(3)19(2)22(5)29/h15,19-25,28-30,34H,6-14,16-17H2,1-5H3,(H,31,32)/b18-15-/t19-,20+,21+,22+,23+,24-,25+,28+/m1/s1. The second-order valence-corrected chi connectivity index (χ2v) is 10.9. The summed E-state index contributed by atoms with van der Waals surface area (Å²) >= 11 is 0. The third kappa shape index (κ3) is 12.2. The zero-order valence-corrected chi connectivity index (χ0v) is 22.9. The van der Waals surface area contributed by atoms with Crippen LogP contribution in [0.5, 0.6) is 0 Å². The van der Waals surface area contributed by atoms with Crippen LogP contribution in [0, 0.1) is 23.7 Å². The maximum atomic E-state index is 12.1. The third-order valence-electron chi connectivity index (χ3n) is 7.79. The summed E-state index contributed by atoms with van der Waals surface area (Å²) in [5.41, 5.74) is 0.834. The van der Waals surface area contributed by atoms with Crippen molar-refractivity contribution < 1.29 is 39.5 Å². The van der Waals surface area contributed by atoms with E-state index in [0.29, 0.717) is 32.5 Å². The number of carbonyl (C=O) groups is 2. The van der Waals surface area contributed by atoms with Crippen molar-refractivity contribution in [2.45, 2.75) is 117 Å². The molecule has 0 aromatic heterocycles. The minimum Gasteiger partial charge on any atom is -0.481 e. The lowest BCUT2D eigenvalue weighted by atomic mass is 9.77. The summed E-state index contributed by atoms with van der Waals surface area (Å²) in [6.07, 6.45) is 6.03. The largest absolute Gasteiger partial charge is 0.481 e. The lowest BCUT2D eigenvalue weighted by Crippen LogP contribution is -2.46. The number of hydrogen-bond donors (Lipinski definition) is 4. The summed E-state index contributed by atoms with van der Waals surface area (Å²) in [7, 11) is 0. The van der Waals surface area contributed by atoms with Gasteiger partial charge in [-0.25, -0.2) is 4.79 Å². The van der Waals surface area contributed by atoms with Gasteiger partial charge in [-0.1, -0.05) is 52.0 Å². The van der Waals surface area contributed by atoms with Crippen LogP contribution in [0.15, 0.2) is 11.6 Å². The first kappa shape index (κ1) is 32.5. The molecule has 0 saturated carbocycles. The van der Waals surface area contributed by atoms with Crippen LogP contribution in [0.4, 0.5) is 0 Å². The van der Waals surface area contributed by atoms with E-state index < -0.39 is 24.3 Å². The highest BCUT2D eigenvalue weighted by Gasteiger charge is 2.38. The Morgan fingerprint density at radius 3 is 2.25 bits per heavy atom. The molecule has 210 valence electrons. The van der Waals surface area contributed by atoms with Crippen molar-refractivity contribution in [3.8, 4) is 0 Å². The molecule has 4 N–H and O–H groups in total. The van der Waals surface area contributed by atoms with E-state index in [9.17, 15) is 24.9 Å². The Labute approximate surface area is 217 Å². The monoisotopic (exact) mass is 514 g/mol. The van der Waals surface area contributed by atoms with Crippen LogP contribution >= 0.6 is 0 Å². The van der Waals surface area contributed by atoms with Crippen LogP contribution in [0.1, 0.15) is 92.4 Å². The van der Waals surface area contributed by atoms with E-state index in [0.717, 1.165) is 37.7 Å².